The number of carbonyl (C=O) groups is 1. The van der Waals surface area contributed by atoms with Crippen molar-refractivity contribution in [1.82, 2.24) is 0 Å². The quantitative estimate of drug-likeness (QED) is 0.890. The minimum atomic E-state index is -0.838. The molecule has 0 amide bonds. The molecule has 0 heterocycles. The SMILES string of the molecule is Cl.NC[C@H](Cc1ccc(-c2ccccc2)cc1)C(=O)O. The van der Waals surface area contributed by atoms with Crippen LogP contribution in [0.5, 0.6) is 0 Å². The van der Waals surface area contributed by atoms with E-state index in [1.54, 1.807) is 0 Å². The number of hydrogen-bond donors (Lipinski definition) is 2. The van der Waals surface area contributed by atoms with Crippen LogP contribution in [-0.4, -0.2) is 17.6 Å². The minimum Gasteiger partial charge on any atom is -0.481 e. The van der Waals surface area contributed by atoms with Gasteiger partial charge in [-0.05, 0) is 23.1 Å². The first-order chi connectivity index (χ1) is 9.20. The van der Waals surface area contributed by atoms with Crippen LogP contribution in [0.15, 0.2) is 54.6 Å². The normalized spacial score (nSPS) is 11.4. The molecule has 0 radical (unpaired) electrons. The Balaban J connectivity index is 0.00000200. The first-order valence-corrected chi connectivity index (χ1v) is 6.28. The van der Waals surface area contributed by atoms with Gasteiger partial charge in [0.05, 0.1) is 5.92 Å². The number of hydrogen-bond acceptors (Lipinski definition) is 2. The molecule has 0 fully saturated rings. The van der Waals surface area contributed by atoms with E-state index in [4.69, 9.17) is 10.8 Å². The Labute approximate surface area is 124 Å². The number of nitrogens with two attached hydrogens (primary N) is 1. The first-order valence-electron chi connectivity index (χ1n) is 6.28. The zero-order valence-electron chi connectivity index (χ0n) is 11.0. The van der Waals surface area contributed by atoms with Crippen LogP contribution in [0, 0.1) is 5.92 Å². The summed E-state index contributed by atoms with van der Waals surface area (Å²) in [5.41, 5.74) is 8.74. The summed E-state index contributed by atoms with van der Waals surface area (Å²) in [5.74, 6) is -1.35. The summed E-state index contributed by atoms with van der Waals surface area (Å²) in [6, 6.07) is 18.0. The smallest absolute Gasteiger partial charge is 0.308 e. The molecule has 0 aliphatic heterocycles. The van der Waals surface area contributed by atoms with Crippen LogP contribution in [0.1, 0.15) is 5.56 Å². The van der Waals surface area contributed by atoms with E-state index < -0.39 is 11.9 Å². The monoisotopic (exact) mass is 291 g/mol. The predicted octanol–water partition coefficient (Wildman–Crippen LogP) is 2.98. The van der Waals surface area contributed by atoms with Crippen molar-refractivity contribution in [3.8, 4) is 11.1 Å². The van der Waals surface area contributed by atoms with Gasteiger partial charge in [-0.2, -0.15) is 0 Å². The Bertz CT molecular complexity index is 540. The molecule has 106 valence electrons. The molecule has 0 aliphatic rings. The molecule has 20 heavy (non-hydrogen) atoms. The molecule has 2 aromatic carbocycles. The largest absolute Gasteiger partial charge is 0.481 e. The van der Waals surface area contributed by atoms with Gasteiger partial charge in [0.1, 0.15) is 0 Å². The molecule has 2 aromatic rings. The summed E-state index contributed by atoms with van der Waals surface area (Å²) in [5, 5.41) is 8.99. The Morgan fingerprint density at radius 3 is 2.05 bits per heavy atom. The van der Waals surface area contributed by atoms with Crippen molar-refractivity contribution < 1.29 is 9.90 Å². The van der Waals surface area contributed by atoms with Crippen molar-refractivity contribution in [3.05, 3.63) is 60.2 Å². The number of aliphatic carboxylic acids is 1. The highest BCUT2D eigenvalue weighted by molar-refractivity contribution is 5.85. The lowest BCUT2D eigenvalue weighted by atomic mass is 9.97. The number of carboxylic acid groups (broad SMARTS) is 1. The van der Waals surface area contributed by atoms with Gasteiger partial charge in [0.25, 0.3) is 0 Å². The summed E-state index contributed by atoms with van der Waals surface area (Å²) in [6.45, 7) is 0.162. The highest BCUT2D eigenvalue weighted by Gasteiger charge is 2.15. The third-order valence-electron chi connectivity index (χ3n) is 3.18. The zero-order chi connectivity index (χ0) is 13.7. The third-order valence-corrected chi connectivity index (χ3v) is 3.18. The number of rotatable bonds is 5. The summed E-state index contributed by atoms with van der Waals surface area (Å²) in [7, 11) is 0. The van der Waals surface area contributed by atoms with Gasteiger partial charge in [-0.3, -0.25) is 4.79 Å². The standard InChI is InChI=1S/C16H17NO2.ClH/c17-11-15(16(18)19)10-12-6-8-14(9-7-12)13-4-2-1-3-5-13;/h1-9,15H,10-11,17H2,(H,18,19);1H/t15-;/m0./s1. The van der Waals surface area contributed by atoms with Crippen LogP contribution in [0.25, 0.3) is 11.1 Å². The van der Waals surface area contributed by atoms with Gasteiger partial charge in [0.2, 0.25) is 0 Å². The average molecular weight is 292 g/mol. The summed E-state index contributed by atoms with van der Waals surface area (Å²) >= 11 is 0. The van der Waals surface area contributed by atoms with Gasteiger partial charge in [-0.15, -0.1) is 12.4 Å². The number of benzene rings is 2. The van der Waals surface area contributed by atoms with E-state index in [-0.39, 0.29) is 19.0 Å². The molecule has 4 heteroatoms. The first kappa shape index (κ1) is 16.2. The second-order valence-corrected chi connectivity index (χ2v) is 4.54. The molecule has 0 unspecified atom stereocenters. The summed E-state index contributed by atoms with van der Waals surface area (Å²) in [4.78, 5) is 10.9. The van der Waals surface area contributed by atoms with Crippen molar-refractivity contribution >= 4 is 18.4 Å². The molecule has 1 atom stereocenters. The fraction of sp³-hybridized carbons (Fsp3) is 0.188. The highest BCUT2D eigenvalue weighted by atomic mass is 35.5. The lowest BCUT2D eigenvalue weighted by Gasteiger charge is -2.10. The van der Waals surface area contributed by atoms with Crippen LogP contribution in [0.3, 0.4) is 0 Å². The Morgan fingerprint density at radius 2 is 1.55 bits per heavy atom. The van der Waals surface area contributed by atoms with Gasteiger partial charge in [-0.1, -0.05) is 54.6 Å². The fourth-order valence-electron chi connectivity index (χ4n) is 2.02. The second kappa shape index (κ2) is 7.68. The molecule has 0 aromatic heterocycles. The molecular weight excluding hydrogens is 274 g/mol. The molecule has 3 nitrogen and oxygen atoms in total. The zero-order valence-corrected chi connectivity index (χ0v) is 11.8. The Hall–Kier alpha value is -1.84. The van der Waals surface area contributed by atoms with Crippen LogP contribution in [-0.2, 0) is 11.2 Å². The molecule has 0 aliphatic carbocycles. The Kier molecular flexibility index (Phi) is 6.22. The second-order valence-electron chi connectivity index (χ2n) is 4.54. The van der Waals surface area contributed by atoms with Gasteiger partial charge < -0.3 is 10.8 Å². The van der Waals surface area contributed by atoms with E-state index in [0.29, 0.717) is 6.42 Å². The number of carboxylic acids is 1. The molecule has 0 spiro atoms. The van der Waals surface area contributed by atoms with Crippen LogP contribution < -0.4 is 5.73 Å². The van der Waals surface area contributed by atoms with Gasteiger partial charge >= 0.3 is 5.97 Å². The number of halogens is 1. The van der Waals surface area contributed by atoms with Crippen LogP contribution >= 0.6 is 12.4 Å². The molecule has 2 rings (SSSR count). The maximum absolute atomic E-state index is 10.9. The van der Waals surface area contributed by atoms with Crippen LogP contribution in [0.4, 0.5) is 0 Å². The summed E-state index contributed by atoms with van der Waals surface area (Å²) in [6.07, 6.45) is 0.473. The Morgan fingerprint density at radius 1 is 1.00 bits per heavy atom. The third kappa shape index (κ3) is 4.08. The van der Waals surface area contributed by atoms with Gasteiger partial charge in [0, 0.05) is 6.54 Å². The van der Waals surface area contributed by atoms with Crippen molar-refractivity contribution in [2.45, 2.75) is 6.42 Å². The van der Waals surface area contributed by atoms with Gasteiger partial charge in [-0.25, -0.2) is 0 Å². The predicted molar refractivity (Wildman–Crippen MR) is 83.0 cm³/mol. The van der Waals surface area contributed by atoms with E-state index >= 15 is 0 Å². The minimum absolute atomic E-state index is 0. The van der Waals surface area contributed by atoms with E-state index in [2.05, 4.69) is 12.1 Å². The average Bonchev–Trinajstić information content (AvgIpc) is 2.46. The highest BCUT2D eigenvalue weighted by Crippen LogP contribution is 2.20. The lowest BCUT2D eigenvalue weighted by molar-refractivity contribution is -0.141. The van der Waals surface area contributed by atoms with Crippen molar-refractivity contribution in [2.24, 2.45) is 11.7 Å². The van der Waals surface area contributed by atoms with E-state index in [1.165, 1.54) is 0 Å². The molecule has 0 saturated heterocycles. The fourth-order valence-corrected chi connectivity index (χ4v) is 2.02. The van der Waals surface area contributed by atoms with Crippen LogP contribution in [0.2, 0.25) is 0 Å². The van der Waals surface area contributed by atoms with Gasteiger partial charge in [0.15, 0.2) is 0 Å². The maximum Gasteiger partial charge on any atom is 0.308 e. The molecular formula is C16H18ClNO2. The molecule has 0 saturated carbocycles. The van der Waals surface area contributed by atoms with Crippen molar-refractivity contribution in [1.29, 1.82) is 0 Å². The lowest BCUT2D eigenvalue weighted by Crippen LogP contribution is -2.25. The van der Waals surface area contributed by atoms with E-state index in [1.807, 2.05) is 42.5 Å². The van der Waals surface area contributed by atoms with E-state index in [0.717, 1.165) is 16.7 Å². The summed E-state index contributed by atoms with van der Waals surface area (Å²) < 4.78 is 0. The topological polar surface area (TPSA) is 63.3 Å². The molecule has 0 bridgehead atoms. The van der Waals surface area contributed by atoms with Crippen molar-refractivity contribution in [2.75, 3.05) is 6.54 Å². The van der Waals surface area contributed by atoms with E-state index in [9.17, 15) is 4.79 Å². The van der Waals surface area contributed by atoms with Crippen molar-refractivity contribution in [3.63, 3.8) is 0 Å². The molecule has 3 N–H and O–H groups in total. The maximum atomic E-state index is 10.9.